The molecule has 0 N–H and O–H groups in total. The molecule has 4 rings (SSSR count). The molecule has 0 aliphatic rings. The van der Waals surface area contributed by atoms with Crippen LogP contribution in [0.2, 0.25) is 0 Å². The average Bonchev–Trinajstić information content (AvgIpc) is 3.37. The molecule has 0 aliphatic heterocycles. The van der Waals surface area contributed by atoms with Crippen molar-refractivity contribution in [2.24, 2.45) is 14.1 Å². The van der Waals surface area contributed by atoms with Crippen LogP contribution in [0.15, 0.2) is 61.3 Å². The van der Waals surface area contributed by atoms with E-state index < -0.39 is 0 Å². The van der Waals surface area contributed by atoms with E-state index >= 15 is 0 Å². The van der Waals surface area contributed by atoms with E-state index in [0.717, 1.165) is 22.6 Å². The predicted molar refractivity (Wildman–Crippen MR) is 121 cm³/mol. The van der Waals surface area contributed by atoms with E-state index in [1.165, 1.54) is 11.1 Å². The van der Waals surface area contributed by atoms with Crippen LogP contribution in [-0.2, 0) is 14.1 Å². The smallest absolute Gasteiger partial charge is 0.111 e. The third-order valence-electron chi connectivity index (χ3n) is 4.88. The molecule has 4 aromatic rings. The Morgan fingerprint density at radius 2 is 1.27 bits per heavy atom. The molecule has 0 saturated carbocycles. The van der Waals surface area contributed by atoms with Crippen molar-refractivity contribution in [3.8, 4) is 22.6 Å². The van der Waals surface area contributed by atoms with Crippen molar-refractivity contribution in [3.05, 3.63) is 72.4 Å². The molecule has 6 nitrogen and oxygen atoms in total. The van der Waals surface area contributed by atoms with Crippen LogP contribution < -0.4 is 0 Å². The Morgan fingerprint density at radius 1 is 0.667 bits per heavy atom. The summed E-state index contributed by atoms with van der Waals surface area (Å²) >= 11 is 0. The van der Waals surface area contributed by atoms with Crippen LogP contribution in [0.4, 0.5) is 0 Å². The largest absolute Gasteiger partial charge is 0.275 e. The van der Waals surface area contributed by atoms with Crippen LogP contribution in [0.1, 0.15) is 50.7 Å². The van der Waals surface area contributed by atoms with Gasteiger partial charge in [0.05, 0.1) is 17.6 Å². The lowest BCUT2D eigenvalue weighted by Gasteiger charge is -2.04. The van der Waals surface area contributed by atoms with E-state index in [-0.39, 0.29) is 0 Å². The van der Waals surface area contributed by atoms with E-state index in [2.05, 4.69) is 60.0 Å². The number of pyridine rings is 2. The Balaban J connectivity index is 0.000000171. The first-order valence-electron chi connectivity index (χ1n) is 10.2. The quantitative estimate of drug-likeness (QED) is 0.470. The van der Waals surface area contributed by atoms with Crippen LogP contribution >= 0.6 is 0 Å². The van der Waals surface area contributed by atoms with Crippen molar-refractivity contribution < 1.29 is 0 Å². The fraction of sp³-hybridized carbons (Fsp3) is 0.333. The molecule has 0 aromatic carbocycles. The highest BCUT2D eigenvalue weighted by Gasteiger charge is 2.05. The number of aryl methyl sites for hydroxylation is 2. The van der Waals surface area contributed by atoms with Crippen molar-refractivity contribution in [3.63, 3.8) is 0 Å². The molecule has 0 aliphatic carbocycles. The second-order valence-electron chi connectivity index (χ2n) is 8.04. The van der Waals surface area contributed by atoms with Gasteiger partial charge in [-0.05, 0) is 41.2 Å². The number of hydrogen-bond donors (Lipinski definition) is 0. The SMILES string of the molecule is CC(C)c1ccc(-c2ccn(C)n2)nc1.CC(C)c1ccc(-c2cnn(C)c2)nc1. The van der Waals surface area contributed by atoms with Gasteiger partial charge < -0.3 is 0 Å². The second-order valence-corrected chi connectivity index (χ2v) is 8.04. The van der Waals surface area contributed by atoms with Gasteiger partial charge in [0.15, 0.2) is 0 Å². The van der Waals surface area contributed by atoms with E-state index in [4.69, 9.17) is 0 Å². The van der Waals surface area contributed by atoms with Gasteiger partial charge in [0, 0.05) is 44.4 Å². The molecule has 0 radical (unpaired) electrons. The maximum Gasteiger partial charge on any atom is 0.111 e. The van der Waals surface area contributed by atoms with Crippen molar-refractivity contribution in [1.82, 2.24) is 29.5 Å². The molecular weight excluding hydrogens is 372 g/mol. The minimum atomic E-state index is 0.523. The van der Waals surface area contributed by atoms with Crippen LogP contribution in [0.25, 0.3) is 22.6 Å². The molecule has 0 amide bonds. The minimum absolute atomic E-state index is 0.523. The van der Waals surface area contributed by atoms with Crippen LogP contribution in [-0.4, -0.2) is 29.5 Å². The summed E-state index contributed by atoms with van der Waals surface area (Å²) in [5.41, 5.74) is 6.42. The van der Waals surface area contributed by atoms with Crippen molar-refractivity contribution in [2.75, 3.05) is 0 Å². The van der Waals surface area contributed by atoms with Gasteiger partial charge >= 0.3 is 0 Å². The minimum Gasteiger partial charge on any atom is -0.275 e. The second kappa shape index (κ2) is 9.48. The third kappa shape index (κ3) is 5.41. The summed E-state index contributed by atoms with van der Waals surface area (Å²) in [5, 5.41) is 8.44. The highest BCUT2D eigenvalue weighted by molar-refractivity contribution is 5.56. The standard InChI is InChI=1S/2C12H15N3/c1-9(2)10-4-5-12(13-6-10)11-7-14-15(3)8-11;1-9(2)10-4-5-11(13-8-10)12-6-7-15(3)14-12/h2*4-9H,1-3H3. The van der Waals surface area contributed by atoms with Gasteiger partial charge in [0.25, 0.3) is 0 Å². The van der Waals surface area contributed by atoms with Gasteiger partial charge in [-0.3, -0.25) is 19.3 Å². The molecule has 0 unspecified atom stereocenters. The summed E-state index contributed by atoms with van der Waals surface area (Å²) in [6, 6.07) is 10.3. The van der Waals surface area contributed by atoms with Gasteiger partial charge in [0.2, 0.25) is 0 Å². The van der Waals surface area contributed by atoms with Crippen LogP contribution in [0, 0.1) is 0 Å². The first-order valence-corrected chi connectivity index (χ1v) is 10.2. The number of nitrogens with zero attached hydrogens (tertiary/aromatic N) is 6. The maximum absolute atomic E-state index is 4.43. The van der Waals surface area contributed by atoms with Gasteiger partial charge in [0.1, 0.15) is 5.69 Å². The van der Waals surface area contributed by atoms with E-state index in [1.807, 2.05) is 63.3 Å². The summed E-state index contributed by atoms with van der Waals surface area (Å²) in [7, 11) is 3.82. The molecule has 30 heavy (non-hydrogen) atoms. The summed E-state index contributed by atoms with van der Waals surface area (Å²) < 4.78 is 3.57. The van der Waals surface area contributed by atoms with Gasteiger partial charge in [-0.2, -0.15) is 10.2 Å². The van der Waals surface area contributed by atoms with Crippen LogP contribution in [0.3, 0.4) is 0 Å². The lowest BCUT2D eigenvalue weighted by atomic mass is 10.1. The van der Waals surface area contributed by atoms with Gasteiger partial charge in [-0.1, -0.05) is 39.8 Å². The zero-order chi connectivity index (χ0) is 21.7. The molecule has 0 atom stereocenters. The summed E-state index contributed by atoms with van der Waals surface area (Å²) in [5.74, 6) is 1.05. The number of hydrogen-bond acceptors (Lipinski definition) is 4. The Hall–Kier alpha value is -3.28. The molecule has 0 fully saturated rings. The molecular formula is C24H30N6. The molecule has 0 spiro atoms. The highest BCUT2D eigenvalue weighted by Crippen LogP contribution is 2.19. The molecule has 0 bridgehead atoms. The highest BCUT2D eigenvalue weighted by atomic mass is 15.3. The fourth-order valence-electron chi connectivity index (χ4n) is 2.92. The van der Waals surface area contributed by atoms with Crippen LogP contribution in [0.5, 0.6) is 0 Å². The van der Waals surface area contributed by atoms with Gasteiger partial charge in [-0.15, -0.1) is 0 Å². The third-order valence-corrected chi connectivity index (χ3v) is 4.88. The van der Waals surface area contributed by atoms with E-state index in [1.54, 1.807) is 9.36 Å². The predicted octanol–water partition coefficient (Wildman–Crippen LogP) is 5.21. The summed E-state index contributed by atoms with van der Waals surface area (Å²) in [6.45, 7) is 8.66. The summed E-state index contributed by atoms with van der Waals surface area (Å²) in [6.07, 6.45) is 9.59. The van der Waals surface area contributed by atoms with Crippen molar-refractivity contribution in [1.29, 1.82) is 0 Å². The van der Waals surface area contributed by atoms with Gasteiger partial charge in [-0.25, -0.2) is 0 Å². The molecule has 156 valence electrons. The maximum atomic E-state index is 4.43. The zero-order valence-corrected chi connectivity index (χ0v) is 18.6. The Bertz CT molecular complexity index is 968. The molecule has 4 aromatic heterocycles. The molecule has 6 heteroatoms. The lowest BCUT2D eigenvalue weighted by molar-refractivity contribution is 0.768. The Labute approximate surface area is 178 Å². The Kier molecular flexibility index (Phi) is 6.77. The number of aromatic nitrogens is 6. The zero-order valence-electron chi connectivity index (χ0n) is 18.6. The van der Waals surface area contributed by atoms with E-state index in [0.29, 0.717) is 11.8 Å². The normalized spacial score (nSPS) is 10.9. The fourth-order valence-corrected chi connectivity index (χ4v) is 2.92. The Morgan fingerprint density at radius 3 is 1.67 bits per heavy atom. The summed E-state index contributed by atoms with van der Waals surface area (Å²) in [4.78, 5) is 8.84. The first kappa shape index (κ1) is 21.4. The molecule has 4 heterocycles. The van der Waals surface area contributed by atoms with E-state index in [9.17, 15) is 0 Å². The lowest BCUT2D eigenvalue weighted by Crippen LogP contribution is -1.92. The van der Waals surface area contributed by atoms with Crippen molar-refractivity contribution >= 4 is 0 Å². The average molecular weight is 403 g/mol. The van der Waals surface area contributed by atoms with Crippen molar-refractivity contribution in [2.45, 2.75) is 39.5 Å². The first-order chi connectivity index (χ1) is 14.3. The monoisotopic (exact) mass is 402 g/mol. The number of rotatable bonds is 4. The molecule has 0 saturated heterocycles. The topological polar surface area (TPSA) is 61.4 Å².